The molecule has 0 aliphatic heterocycles. The molecular formula is C12H17ClN2O2. The van der Waals surface area contributed by atoms with Gasteiger partial charge in [0.25, 0.3) is 0 Å². The van der Waals surface area contributed by atoms with Gasteiger partial charge in [-0.3, -0.25) is 4.79 Å². The highest BCUT2D eigenvalue weighted by Gasteiger charge is 1.99. The van der Waals surface area contributed by atoms with Crippen LogP contribution >= 0.6 is 11.6 Å². The lowest BCUT2D eigenvalue weighted by atomic mass is 10.2. The van der Waals surface area contributed by atoms with Gasteiger partial charge in [0.2, 0.25) is 5.91 Å². The highest BCUT2D eigenvalue weighted by molar-refractivity contribution is 6.32. The van der Waals surface area contributed by atoms with Gasteiger partial charge in [0, 0.05) is 13.0 Å². The minimum absolute atomic E-state index is 0.0943. The molecule has 0 saturated heterocycles. The lowest BCUT2D eigenvalue weighted by Crippen LogP contribution is -2.16. The zero-order valence-electron chi connectivity index (χ0n) is 9.58. The number of primary amides is 1. The van der Waals surface area contributed by atoms with E-state index in [1.165, 1.54) is 0 Å². The molecule has 0 aliphatic rings. The molecule has 1 aromatic rings. The Morgan fingerprint density at radius 3 is 2.82 bits per heavy atom. The zero-order valence-corrected chi connectivity index (χ0v) is 10.3. The molecule has 0 unspecified atom stereocenters. The molecule has 5 heteroatoms. The molecule has 1 amide bonds. The monoisotopic (exact) mass is 256 g/mol. The fraction of sp³-hybridized carbons (Fsp3) is 0.417. The van der Waals surface area contributed by atoms with E-state index in [4.69, 9.17) is 17.3 Å². The molecule has 17 heavy (non-hydrogen) atoms. The van der Waals surface area contributed by atoms with Crippen LogP contribution in [0.2, 0.25) is 5.02 Å². The molecule has 0 aliphatic carbocycles. The number of phenolic OH excluding ortho intramolecular Hbond substituents is 1. The lowest BCUT2D eigenvalue weighted by Gasteiger charge is -2.05. The number of nitrogens with one attached hydrogen (secondary N) is 1. The van der Waals surface area contributed by atoms with Crippen molar-refractivity contribution in [2.75, 3.05) is 6.54 Å². The minimum Gasteiger partial charge on any atom is -0.506 e. The minimum atomic E-state index is -0.254. The number of rotatable bonds is 7. The third kappa shape index (κ3) is 5.56. The van der Waals surface area contributed by atoms with Crippen LogP contribution in [0.25, 0.3) is 0 Å². The predicted molar refractivity (Wildman–Crippen MR) is 67.9 cm³/mol. The average Bonchev–Trinajstić information content (AvgIpc) is 2.27. The Labute approximate surface area is 106 Å². The number of benzene rings is 1. The highest BCUT2D eigenvalue weighted by Crippen LogP contribution is 2.23. The standard InChI is InChI=1S/C12H17ClN2O2/c13-10-7-9(4-5-11(10)16)8-15-6-2-1-3-12(14)17/h4-5,7,15-16H,1-3,6,8H2,(H2,14,17). The molecule has 0 atom stereocenters. The van der Waals surface area contributed by atoms with E-state index in [1.807, 2.05) is 6.07 Å². The van der Waals surface area contributed by atoms with Crippen molar-refractivity contribution in [2.24, 2.45) is 5.73 Å². The SMILES string of the molecule is NC(=O)CCCCNCc1ccc(O)c(Cl)c1. The average molecular weight is 257 g/mol. The van der Waals surface area contributed by atoms with E-state index in [0.717, 1.165) is 24.9 Å². The number of amides is 1. The maximum absolute atomic E-state index is 10.5. The molecule has 4 nitrogen and oxygen atoms in total. The van der Waals surface area contributed by atoms with Gasteiger partial charge in [-0.25, -0.2) is 0 Å². The van der Waals surface area contributed by atoms with Crippen LogP contribution in [0.4, 0.5) is 0 Å². The summed E-state index contributed by atoms with van der Waals surface area (Å²) >= 11 is 5.78. The van der Waals surface area contributed by atoms with Crippen LogP contribution < -0.4 is 11.1 Å². The summed E-state index contributed by atoms with van der Waals surface area (Å²) in [5, 5.41) is 12.8. The van der Waals surface area contributed by atoms with Gasteiger partial charge >= 0.3 is 0 Å². The second-order valence-electron chi connectivity index (χ2n) is 3.89. The van der Waals surface area contributed by atoms with Gasteiger partial charge in [0.1, 0.15) is 5.75 Å². The largest absolute Gasteiger partial charge is 0.506 e. The van der Waals surface area contributed by atoms with Crippen molar-refractivity contribution in [3.8, 4) is 5.75 Å². The summed E-state index contributed by atoms with van der Waals surface area (Å²) in [6, 6.07) is 5.12. The van der Waals surface area contributed by atoms with Gasteiger partial charge in [-0.1, -0.05) is 17.7 Å². The van der Waals surface area contributed by atoms with Gasteiger partial charge in [0.15, 0.2) is 0 Å². The molecule has 0 bridgehead atoms. The number of unbranched alkanes of at least 4 members (excludes halogenated alkanes) is 1. The maximum atomic E-state index is 10.5. The van der Waals surface area contributed by atoms with Crippen molar-refractivity contribution >= 4 is 17.5 Å². The summed E-state index contributed by atoms with van der Waals surface area (Å²) < 4.78 is 0. The van der Waals surface area contributed by atoms with Crippen LogP contribution in [0.5, 0.6) is 5.75 Å². The fourth-order valence-corrected chi connectivity index (χ4v) is 1.65. The number of carbonyl (C=O) groups is 1. The van der Waals surface area contributed by atoms with Crippen LogP contribution in [0.3, 0.4) is 0 Å². The van der Waals surface area contributed by atoms with E-state index in [9.17, 15) is 9.90 Å². The van der Waals surface area contributed by atoms with Crippen molar-refractivity contribution < 1.29 is 9.90 Å². The van der Waals surface area contributed by atoms with Crippen LogP contribution in [0.15, 0.2) is 18.2 Å². The molecule has 0 aromatic heterocycles. The topological polar surface area (TPSA) is 75.4 Å². The van der Waals surface area contributed by atoms with Gasteiger partial charge in [-0.15, -0.1) is 0 Å². The van der Waals surface area contributed by atoms with E-state index in [-0.39, 0.29) is 11.7 Å². The molecule has 0 radical (unpaired) electrons. The van der Waals surface area contributed by atoms with Crippen molar-refractivity contribution in [1.82, 2.24) is 5.32 Å². The summed E-state index contributed by atoms with van der Waals surface area (Å²) in [5.74, 6) is -0.160. The molecule has 1 rings (SSSR count). The smallest absolute Gasteiger partial charge is 0.217 e. The lowest BCUT2D eigenvalue weighted by molar-refractivity contribution is -0.118. The number of phenols is 1. The first-order chi connectivity index (χ1) is 8.09. The van der Waals surface area contributed by atoms with E-state index < -0.39 is 0 Å². The van der Waals surface area contributed by atoms with Gasteiger partial charge < -0.3 is 16.2 Å². The molecule has 0 spiro atoms. The number of carbonyl (C=O) groups excluding carboxylic acids is 1. The van der Waals surface area contributed by atoms with Gasteiger partial charge in [-0.2, -0.15) is 0 Å². The van der Waals surface area contributed by atoms with Crippen molar-refractivity contribution in [3.63, 3.8) is 0 Å². The Morgan fingerprint density at radius 1 is 1.41 bits per heavy atom. The molecular weight excluding hydrogens is 240 g/mol. The van der Waals surface area contributed by atoms with Crippen molar-refractivity contribution in [1.29, 1.82) is 0 Å². The third-order valence-corrected chi connectivity index (χ3v) is 2.67. The number of halogens is 1. The van der Waals surface area contributed by atoms with Gasteiger partial charge in [0.05, 0.1) is 5.02 Å². The number of hydrogen-bond acceptors (Lipinski definition) is 3. The highest BCUT2D eigenvalue weighted by atomic mass is 35.5. The van der Waals surface area contributed by atoms with Crippen molar-refractivity contribution in [3.05, 3.63) is 28.8 Å². The molecule has 94 valence electrons. The fourth-order valence-electron chi connectivity index (χ4n) is 1.44. The van der Waals surface area contributed by atoms with Crippen LogP contribution in [-0.4, -0.2) is 17.6 Å². The second-order valence-corrected chi connectivity index (χ2v) is 4.29. The first-order valence-electron chi connectivity index (χ1n) is 5.56. The first kappa shape index (κ1) is 13.8. The normalized spacial score (nSPS) is 10.4. The second kappa shape index (κ2) is 7.14. The first-order valence-corrected chi connectivity index (χ1v) is 5.94. The summed E-state index contributed by atoms with van der Waals surface area (Å²) in [5.41, 5.74) is 6.05. The summed E-state index contributed by atoms with van der Waals surface area (Å²) in [4.78, 5) is 10.5. The van der Waals surface area contributed by atoms with E-state index in [2.05, 4.69) is 5.32 Å². The summed E-state index contributed by atoms with van der Waals surface area (Å²) in [6.45, 7) is 1.52. The quantitative estimate of drug-likeness (QED) is 0.651. The van der Waals surface area contributed by atoms with E-state index >= 15 is 0 Å². The van der Waals surface area contributed by atoms with E-state index in [0.29, 0.717) is 18.0 Å². The summed E-state index contributed by atoms with van der Waals surface area (Å²) in [6.07, 6.45) is 2.15. The molecule has 0 fully saturated rings. The Morgan fingerprint density at radius 2 is 2.18 bits per heavy atom. The number of nitrogens with two attached hydrogens (primary N) is 1. The molecule has 0 heterocycles. The predicted octanol–water partition coefficient (Wildman–Crippen LogP) is 1.79. The summed E-state index contributed by atoms with van der Waals surface area (Å²) in [7, 11) is 0. The van der Waals surface area contributed by atoms with Crippen LogP contribution in [0, 0.1) is 0 Å². The van der Waals surface area contributed by atoms with E-state index in [1.54, 1.807) is 12.1 Å². The Bertz CT molecular complexity index is 383. The van der Waals surface area contributed by atoms with Crippen LogP contribution in [0.1, 0.15) is 24.8 Å². The zero-order chi connectivity index (χ0) is 12.7. The number of aromatic hydroxyl groups is 1. The Balaban J connectivity index is 2.18. The third-order valence-electron chi connectivity index (χ3n) is 2.37. The Kier molecular flexibility index (Phi) is 5.80. The van der Waals surface area contributed by atoms with Gasteiger partial charge in [-0.05, 0) is 37.1 Å². The van der Waals surface area contributed by atoms with Crippen LogP contribution in [-0.2, 0) is 11.3 Å². The molecule has 0 saturated carbocycles. The maximum Gasteiger partial charge on any atom is 0.217 e. The Hall–Kier alpha value is -1.26. The molecule has 4 N–H and O–H groups in total. The molecule has 1 aromatic carbocycles. The van der Waals surface area contributed by atoms with Crippen molar-refractivity contribution in [2.45, 2.75) is 25.8 Å². The number of hydrogen-bond donors (Lipinski definition) is 3.